The molecule has 1 aliphatic rings. The van der Waals surface area contributed by atoms with E-state index in [1.54, 1.807) is 0 Å². The minimum Gasteiger partial charge on any atom is -0.298 e. The highest BCUT2D eigenvalue weighted by molar-refractivity contribution is 7.95. The molecule has 3 nitrogen and oxygen atoms in total. The van der Waals surface area contributed by atoms with E-state index < -0.39 is 21.6 Å². The van der Waals surface area contributed by atoms with Gasteiger partial charge in [0.2, 0.25) is 9.84 Å². The molecule has 0 N–H and O–H groups in total. The Balaban J connectivity index is 2.71. The maximum absolute atomic E-state index is 12.4. The van der Waals surface area contributed by atoms with Crippen molar-refractivity contribution in [3.05, 3.63) is 34.7 Å². The SMILES string of the molecule is O=CC1=CS(=O)(=O)c2ccc(C(F)(F)F)cc21. The first-order chi connectivity index (χ1) is 7.75. The number of hydrogen-bond donors (Lipinski definition) is 0. The molecule has 0 amide bonds. The van der Waals surface area contributed by atoms with Crippen molar-refractivity contribution in [1.29, 1.82) is 0 Å². The molecule has 0 unspecified atom stereocenters. The summed E-state index contributed by atoms with van der Waals surface area (Å²) in [5, 5.41) is 0.671. The molecule has 1 aliphatic heterocycles. The van der Waals surface area contributed by atoms with Gasteiger partial charge in [-0.15, -0.1) is 0 Å². The monoisotopic (exact) mass is 262 g/mol. The third-order valence-corrected chi connectivity index (χ3v) is 3.87. The number of carbonyl (C=O) groups is 1. The van der Waals surface area contributed by atoms with Crippen LogP contribution in [-0.2, 0) is 20.8 Å². The Labute approximate surface area is 94.5 Å². The molecule has 0 fully saturated rings. The number of hydrogen-bond acceptors (Lipinski definition) is 3. The number of benzene rings is 1. The molecule has 1 aromatic rings. The van der Waals surface area contributed by atoms with Crippen molar-refractivity contribution in [1.82, 2.24) is 0 Å². The Bertz CT molecular complexity index is 627. The van der Waals surface area contributed by atoms with Crippen LogP contribution in [0, 0.1) is 0 Å². The zero-order chi connectivity index (χ0) is 12.8. The maximum Gasteiger partial charge on any atom is 0.416 e. The summed E-state index contributed by atoms with van der Waals surface area (Å²) in [6.45, 7) is 0. The minimum absolute atomic E-state index is 0.199. The van der Waals surface area contributed by atoms with Crippen LogP contribution in [0.2, 0.25) is 0 Å². The summed E-state index contributed by atoms with van der Waals surface area (Å²) in [5.74, 6) is 0. The second kappa shape index (κ2) is 3.43. The van der Waals surface area contributed by atoms with Gasteiger partial charge >= 0.3 is 6.18 Å². The van der Waals surface area contributed by atoms with E-state index in [1.165, 1.54) is 0 Å². The molecule has 0 aliphatic carbocycles. The average molecular weight is 262 g/mol. The molecule has 2 rings (SSSR count). The van der Waals surface area contributed by atoms with Crippen LogP contribution in [0.5, 0.6) is 0 Å². The van der Waals surface area contributed by atoms with Crippen molar-refractivity contribution < 1.29 is 26.4 Å². The fourth-order valence-electron chi connectivity index (χ4n) is 1.57. The van der Waals surface area contributed by atoms with Gasteiger partial charge in [0.05, 0.1) is 10.5 Å². The van der Waals surface area contributed by atoms with Crippen LogP contribution in [0.3, 0.4) is 0 Å². The van der Waals surface area contributed by atoms with E-state index in [0.717, 1.165) is 6.07 Å². The predicted molar refractivity (Wildman–Crippen MR) is 52.7 cm³/mol. The molecule has 17 heavy (non-hydrogen) atoms. The molecule has 0 spiro atoms. The van der Waals surface area contributed by atoms with Crippen LogP contribution in [0.1, 0.15) is 11.1 Å². The van der Waals surface area contributed by atoms with E-state index in [2.05, 4.69) is 0 Å². The van der Waals surface area contributed by atoms with Gasteiger partial charge < -0.3 is 0 Å². The number of allylic oxidation sites excluding steroid dienone is 1. The van der Waals surface area contributed by atoms with Gasteiger partial charge in [0.25, 0.3) is 0 Å². The number of carbonyl (C=O) groups excluding carboxylic acids is 1. The summed E-state index contributed by atoms with van der Waals surface area (Å²) >= 11 is 0. The van der Waals surface area contributed by atoms with Gasteiger partial charge in [0.1, 0.15) is 0 Å². The summed E-state index contributed by atoms with van der Waals surface area (Å²) in [7, 11) is -3.79. The summed E-state index contributed by atoms with van der Waals surface area (Å²) in [6, 6.07) is 2.21. The molecule has 0 saturated carbocycles. The standard InChI is InChI=1S/C10H5F3O3S/c11-10(12,13)7-1-2-9-8(3-7)6(4-14)5-17(9,15)16/h1-5H. The molecule has 0 saturated heterocycles. The number of aldehydes is 1. The van der Waals surface area contributed by atoms with Gasteiger partial charge in [0, 0.05) is 16.5 Å². The van der Waals surface area contributed by atoms with Gasteiger partial charge in [-0.25, -0.2) is 8.42 Å². The predicted octanol–water partition coefficient (Wildman–Crippen LogP) is 2.03. The zero-order valence-corrected chi connectivity index (χ0v) is 8.97. The number of halogens is 3. The van der Waals surface area contributed by atoms with Crippen LogP contribution < -0.4 is 0 Å². The smallest absolute Gasteiger partial charge is 0.298 e. The highest BCUT2D eigenvalue weighted by Gasteiger charge is 2.34. The third kappa shape index (κ3) is 1.86. The van der Waals surface area contributed by atoms with Crippen molar-refractivity contribution >= 4 is 21.7 Å². The highest BCUT2D eigenvalue weighted by atomic mass is 32.2. The topological polar surface area (TPSA) is 51.2 Å². The molecule has 90 valence electrons. The number of alkyl halides is 3. The summed E-state index contributed by atoms with van der Waals surface area (Å²) in [5.41, 5.74) is -1.44. The number of rotatable bonds is 1. The van der Waals surface area contributed by atoms with E-state index in [9.17, 15) is 26.4 Å². The molecule has 1 aromatic carbocycles. The third-order valence-electron chi connectivity index (χ3n) is 2.33. The minimum atomic E-state index is -4.57. The molecule has 1 heterocycles. The quantitative estimate of drug-likeness (QED) is 0.728. The van der Waals surface area contributed by atoms with E-state index in [1.807, 2.05) is 0 Å². The Morgan fingerprint density at radius 1 is 1.18 bits per heavy atom. The van der Waals surface area contributed by atoms with Crippen molar-refractivity contribution in [2.45, 2.75) is 11.1 Å². The Hall–Kier alpha value is -1.63. The Morgan fingerprint density at radius 2 is 1.82 bits per heavy atom. The van der Waals surface area contributed by atoms with Gasteiger partial charge in [-0.3, -0.25) is 4.79 Å². The van der Waals surface area contributed by atoms with Crippen molar-refractivity contribution in [2.24, 2.45) is 0 Å². The summed E-state index contributed by atoms with van der Waals surface area (Å²) in [4.78, 5) is 10.3. The number of fused-ring (bicyclic) bond motifs is 1. The van der Waals surface area contributed by atoms with Crippen LogP contribution >= 0.6 is 0 Å². The van der Waals surface area contributed by atoms with E-state index >= 15 is 0 Å². The van der Waals surface area contributed by atoms with Gasteiger partial charge in [-0.2, -0.15) is 13.2 Å². The summed E-state index contributed by atoms with van der Waals surface area (Å²) in [6.07, 6.45) is -4.35. The summed E-state index contributed by atoms with van der Waals surface area (Å²) < 4.78 is 60.2. The highest BCUT2D eigenvalue weighted by Crippen LogP contribution is 2.37. The van der Waals surface area contributed by atoms with Gasteiger partial charge in [-0.05, 0) is 18.2 Å². The van der Waals surface area contributed by atoms with E-state index in [-0.39, 0.29) is 22.3 Å². The molecular weight excluding hydrogens is 257 g/mol. The lowest BCUT2D eigenvalue weighted by Gasteiger charge is -2.08. The van der Waals surface area contributed by atoms with E-state index in [4.69, 9.17) is 0 Å². The normalized spacial score (nSPS) is 17.5. The first kappa shape index (κ1) is 11.8. The van der Waals surface area contributed by atoms with Crippen molar-refractivity contribution in [2.75, 3.05) is 0 Å². The Morgan fingerprint density at radius 3 is 2.35 bits per heavy atom. The fourth-order valence-corrected chi connectivity index (χ4v) is 2.95. The number of sulfone groups is 1. The Kier molecular flexibility index (Phi) is 2.39. The molecule has 7 heteroatoms. The van der Waals surface area contributed by atoms with Crippen molar-refractivity contribution in [3.8, 4) is 0 Å². The molecule has 0 atom stereocenters. The zero-order valence-electron chi connectivity index (χ0n) is 8.15. The fraction of sp³-hybridized carbons (Fsp3) is 0.100. The second-order valence-electron chi connectivity index (χ2n) is 3.44. The lowest BCUT2D eigenvalue weighted by atomic mass is 10.1. The molecule has 0 aromatic heterocycles. The van der Waals surface area contributed by atoms with Crippen LogP contribution in [-0.4, -0.2) is 14.7 Å². The molecule has 0 radical (unpaired) electrons. The van der Waals surface area contributed by atoms with Crippen LogP contribution in [0.4, 0.5) is 13.2 Å². The lowest BCUT2D eigenvalue weighted by Crippen LogP contribution is -2.06. The molecular formula is C10H5F3O3S. The molecule has 0 bridgehead atoms. The van der Waals surface area contributed by atoms with Gasteiger partial charge in [-0.1, -0.05) is 0 Å². The van der Waals surface area contributed by atoms with Crippen LogP contribution in [0.25, 0.3) is 5.57 Å². The largest absolute Gasteiger partial charge is 0.416 e. The average Bonchev–Trinajstić information content (AvgIpc) is 2.49. The van der Waals surface area contributed by atoms with Crippen molar-refractivity contribution in [3.63, 3.8) is 0 Å². The first-order valence-corrected chi connectivity index (χ1v) is 5.94. The second-order valence-corrected chi connectivity index (χ2v) is 5.21. The van der Waals surface area contributed by atoms with E-state index in [0.29, 0.717) is 17.5 Å². The maximum atomic E-state index is 12.4. The first-order valence-electron chi connectivity index (χ1n) is 4.39. The lowest BCUT2D eigenvalue weighted by molar-refractivity contribution is -0.137. The van der Waals surface area contributed by atoms with Crippen LogP contribution in [0.15, 0.2) is 28.5 Å². The van der Waals surface area contributed by atoms with Gasteiger partial charge in [0.15, 0.2) is 6.29 Å².